The minimum Gasteiger partial charge on any atom is -0.497 e. The summed E-state index contributed by atoms with van der Waals surface area (Å²) >= 11 is 0. The number of amides is 2. The third-order valence-corrected chi connectivity index (χ3v) is 6.12. The van der Waals surface area contributed by atoms with Crippen LogP contribution in [0.4, 0.5) is 4.79 Å². The summed E-state index contributed by atoms with van der Waals surface area (Å²) in [7, 11) is 1.65. The fourth-order valence-electron chi connectivity index (χ4n) is 4.04. The number of urea groups is 1. The normalized spacial score (nSPS) is 14.5. The van der Waals surface area contributed by atoms with E-state index in [1.54, 1.807) is 25.9 Å². The molecule has 7 nitrogen and oxygen atoms in total. The van der Waals surface area contributed by atoms with Gasteiger partial charge in [0.2, 0.25) is 0 Å². The standard InChI is InChI=1S/C26H31N3O4/c1-17(2)29(31)26(30)28-15-13-21(14-16-28)25-27-23(19-7-5-18(3)6-8-19)24(33-25)20-9-11-22(32-4)12-10-20/h5-12,17,21,31H,13-16H2,1-4H3. The van der Waals surface area contributed by atoms with E-state index in [2.05, 4.69) is 31.2 Å². The summed E-state index contributed by atoms with van der Waals surface area (Å²) in [6.07, 6.45) is 1.46. The SMILES string of the molecule is COc1ccc(-c2oc(C3CCN(C(=O)N(O)C(C)C)CC3)nc2-c2ccc(C)cc2)cc1. The summed E-state index contributed by atoms with van der Waals surface area (Å²) in [5.74, 6) is 2.31. The van der Waals surface area contributed by atoms with Crippen molar-refractivity contribution in [2.24, 2.45) is 0 Å². The molecule has 4 rings (SSSR count). The third kappa shape index (κ3) is 4.88. The zero-order valence-corrected chi connectivity index (χ0v) is 19.6. The lowest BCUT2D eigenvalue weighted by Gasteiger charge is -2.33. The number of aromatic nitrogens is 1. The lowest BCUT2D eigenvalue weighted by atomic mass is 9.97. The van der Waals surface area contributed by atoms with E-state index in [1.807, 2.05) is 24.3 Å². The predicted molar refractivity (Wildman–Crippen MR) is 126 cm³/mol. The zero-order chi connectivity index (χ0) is 23.5. The largest absolute Gasteiger partial charge is 0.497 e. The van der Waals surface area contributed by atoms with Crippen molar-refractivity contribution >= 4 is 6.03 Å². The van der Waals surface area contributed by atoms with Gasteiger partial charge in [-0.25, -0.2) is 14.8 Å². The molecule has 3 aromatic rings. The molecule has 1 saturated heterocycles. The molecule has 174 valence electrons. The maximum absolute atomic E-state index is 12.4. The van der Waals surface area contributed by atoms with Crippen molar-refractivity contribution in [3.8, 4) is 28.3 Å². The van der Waals surface area contributed by atoms with Gasteiger partial charge < -0.3 is 14.1 Å². The molecule has 1 N–H and O–H groups in total. The Morgan fingerprint density at radius 1 is 1.09 bits per heavy atom. The summed E-state index contributed by atoms with van der Waals surface area (Å²) < 4.78 is 11.7. The van der Waals surface area contributed by atoms with E-state index in [0.29, 0.717) is 19.0 Å². The van der Waals surface area contributed by atoms with Gasteiger partial charge in [0.05, 0.1) is 13.2 Å². The van der Waals surface area contributed by atoms with Gasteiger partial charge in [0, 0.05) is 30.1 Å². The summed E-state index contributed by atoms with van der Waals surface area (Å²) in [4.78, 5) is 19.1. The lowest BCUT2D eigenvalue weighted by Crippen LogP contribution is -2.47. The Kier molecular flexibility index (Phi) is 6.70. The van der Waals surface area contributed by atoms with Crippen LogP contribution in [0.2, 0.25) is 0 Å². The average Bonchev–Trinajstić information content (AvgIpc) is 3.29. The van der Waals surface area contributed by atoms with Gasteiger partial charge in [-0.1, -0.05) is 29.8 Å². The molecule has 0 atom stereocenters. The molecule has 0 radical (unpaired) electrons. The number of benzene rings is 2. The van der Waals surface area contributed by atoms with E-state index in [4.69, 9.17) is 14.1 Å². The highest BCUT2D eigenvalue weighted by molar-refractivity contribution is 5.77. The molecular formula is C26H31N3O4. The van der Waals surface area contributed by atoms with Crippen LogP contribution in [0.1, 0.15) is 44.1 Å². The Bertz CT molecular complexity index is 1080. The van der Waals surface area contributed by atoms with Crippen LogP contribution in [-0.4, -0.2) is 52.4 Å². The molecule has 0 spiro atoms. The van der Waals surface area contributed by atoms with Gasteiger partial charge in [-0.2, -0.15) is 0 Å². The molecule has 0 aliphatic carbocycles. The van der Waals surface area contributed by atoms with Crippen molar-refractivity contribution in [3.05, 3.63) is 60.0 Å². The Labute approximate surface area is 194 Å². The second-order valence-corrected chi connectivity index (χ2v) is 8.81. The summed E-state index contributed by atoms with van der Waals surface area (Å²) in [5.41, 5.74) is 3.94. The third-order valence-electron chi connectivity index (χ3n) is 6.12. The predicted octanol–water partition coefficient (Wildman–Crippen LogP) is 5.72. The van der Waals surface area contributed by atoms with Crippen LogP contribution in [0.3, 0.4) is 0 Å². The van der Waals surface area contributed by atoms with Crippen LogP contribution in [0.15, 0.2) is 52.9 Å². The number of nitrogens with zero attached hydrogens (tertiary/aromatic N) is 3. The second kappa shape index (κ2) is 9.67. The van der Waals surface area contributed by atoms with E-state index in [1.165, 1.54) is 5.56 Å². The number of aryl methyl sites for hydroxylation is 1. The number of likely N-dealkylation sites (tertiary alicyclic amines) is 1. The molecule has 2 amide bonds. The van der Waals surface area contributed by atoms with Crippen LogP contribution >= 0.6 is 0 Å². The minimum atomic E-state index is -0.352. The first-order chi connectivity index (χ1) is 15.9. The maximum Gasteiger partial charge on any atom is 0.343 e. The van der Waals surface area contributed by atoms with Crippen molar-refractivity contribution < 1.29 is 19.2 Å². The average molecular weight is 450 g/mol. The number of hydrogen-bond donors (Lipinski definition) is 1. The number of carbonyl (C=O) groups is 1. The molecule has 1 aliphatic rings. The van der Waals surface area contributed by atoms with Crippen LogP contribution < -0.4 is 4.74 Å². The summed E-state index contributed by atoms with van der Waals surface area (Å²) in [6.45, 7) is 6.72. The zero-order valence-electron chi connectivity index (χ0n) is 19.6. The molecule has 2 aromatic carbocycles. The number of rotatable bonds is 5. The summed E-state index contributed by atoms with van der Waals surface area (Å²) in [5, 5.41) is 10.8. The number of ether oxygens (including phenoxy) is 1. The second-order valence-electron chi connectivity index (χ2n) is 8.81. The first-order valence-corrected chi connectivity index (χ1v) is 11.4. The number of piperidine rings is 1. The molecule has 1 aromatic heterocycles. The number of hydrogen-bond acceptors (Lipinski definition) is 5. The van der Waals surface area contributed by atoms with Crippen molar-refractivity contribution in [2.75, 3.05) is 20.2 Å². The van der Waals surface area contributed by atoms with Gasteiger partial charge in [-0.15, -0.1) is 0 Å². The monoisotopic (exact) mass is 449 g/mol. The maximum atomic E-state index is 12.4. The number of methoxy groups -OCH3 is 1. The van der Waals surface area contributed by atoms with Crippen LogP contribution in [-0.2, 0) is 0 Å². The Hall–Kier alpha value is -3.32. The number of oxazole rings is 1. The first-order valence-electron chi connectivity index (χ1n) is 11.4. The highest BCUT2D eigenvalue weighted by atomic mass is 16.5. The number of hydroxylamine groups is 2. The van der Waals surface area contributed by atoms with E-state index in [-0.39, 0.29) is 18.0 Å². The Morgan fingerprint density at radius 3 is 2.27 bits per heavy atom. The van der Waals surface area contributed by atoms with E-state index in [9.17, 15) is 10.0 Å². The molecule has 0 unspecified atom stereocenters. The van der Waals surface area contributed by atoms with Crippen molar-refractivity contribution in [1.82, 2.24) is 14.9 Å². The van der Waals surface area contributed by atoms with Crippen LogP contribution in [0.25, 0.3) is 22.6 Å². The van der Waals surface area contributed by atoms with Crippen molar-refractivity contribution in [2.45, 2.75) is 45.6 Å². The van der Waals surface area contributed by atoms with E-state index < -0.39 is 0 Å². The topological polar surface area (TPSA) is 79.0 Å². The molecule has 7 heteroatoms. The highest BCUT2D eigenvalue weighted by Gasteiger charge is 2.31. The van der Waals surface area contributed by atoms with Crippen molar-refractivity contribution in [3.63, 3.8) is 0 Å². The van der Waals surface area contributed by atoms with Gasteiger partial charge >= 0.3 is 6.03 Å². The Morgan fingerprint density at radius 2 is 1.70 bits per heavy atom. The van der Waals surface area contributed by atoms with Crippen molar-refractivity contribution in [1.29, 1.82) is 0 Å². The molecule has 33 heavy (non-hydrogen) atoms. The molecule has 1 fully saturated rings. The molecule has 0 saturated carbocycles. The van der Waals surface area contributed by atoms with E-state index in [0.717, 1.165) is 46.2 Å². The van der Waals surface area contributed by atoms with E-state index >= 15 is 0 Å². The highest BCUT2D eigenvalue weighted by Crippen LogP contribution is 2.38. The van der Waals surface area contributed by atoms with Gasteiger partial charge in [0.25, 0.3) is 0 Å². The fraction of sp³-hybridized carbons (Fsp3) is 0.385. The molecular weight excluding hydrogens is 418 g/mol. The lowest BCUT2D eigenvalue weighted by molar-refractivity contribution is -0.0815. The van der Waals surface area contributed by atoms with Gasteiger partial charge in [0.1, 0.15) is 11.4 Å². The summed E-state index contributed by atoms with van der Waals surface area (Å²) in [6, 6.07) is 15.4. The van der Waals surface area contributed by atoms with Crippen LogP contribution in [0, 0.1) is 6.92 Å². The molecule has 1 aliphatic heterocycles. The van der Waals surface area contributed by atoms with Crippen LogP contribution in [0.5, 0.6) is 5.75 Å². The first kappa shape index (κ1) is 22.9. The molecule has 2 heterocycles. The number of carbonyl (C=O) groups excluding carboxylic acids is 1. The smallest absolute Gasteiger partial charge is 0.343 e. The minimum absolute atomic E-state index is 0.108. The Balaban J connectivity index is 1.60. The molecule has 0 bridgehead atoms. The fourth-order valence-corrected chi connectivity index (χ4v) is 4.04. The van der Waals surface area contributed by atoms with Gasteiger partial charge in [-0.05, 0) is 57.9 Å². The quantitative estimate of drug-likeness (QED) is 0.398. The van der Waals surface area contributed by atoms with Gasteiger partial charge in [0.15, 0.2) is 11.7 Å². The van der Waals surface area contributed by atoms with Gasteiger partial charge in [-0.3, -0.25) is 5.21 Å².